The molecule has 21 heavy (non-hydrogen) atoms. The predicted molar refractivity (Wildman–Crippen MR) is 79.7 cm³/mol. The van der Waals surface area contributed by atoms with Crippen molar-refractivity contribution in [1.29, 1.82) is 0 Å². The smallest absolute Gasteiger partial charge is 0.324 e. The lowest BCUT2D eigenvalue weighted by Gasteiger charge is -2.29. The normalized spacial score (nSPS) is 17.9. The summed E-state index contributed by atoms with van der Waals surface area (Å²) < 4.78 is 16.1. The van der Waals surface area contributed by atoms with E-state index in [9.17, 15) is 4.79 Å². The summed E-state index contributed by atoms with van der Waals surface area (Å²) in [6, 6.07) is 3.56. The molecule has 0 aliphatic carbocycles. The van der Waals surface area contributed by atoms with E-state index in [4.69, 9.17) is 14.2 Å². The van der Waals surface area contributed by atoms with E-state index < -0.39 is 5.60 Å². The van der Waals surface area contributed by atoms with Crippen molar-refractivity contribution >= 4 is 5.97 Å². The van der Waals surface area contributed by atoms with Crippen LogP contribution in [0, 0.1) is 0 Å². The first-order chi connectivity index (χ1) is 9.84. The molecule has 0 unspecified atom stereocenters. The molecular weight excluding hydrogens is 270 g/mol. The molecule has 1 N–H and O–H groups in total. The number of fused-ring (bicyclic) bond motifs is 1. The molecule has 0 bridgehead atoms. The Balaban J connectivity index is 2.18. The number of carbonyl (C=O) groups is 1. The minimum Gasteiger partial charge on any atom is -0.493 e. The van der Waals surface area contributed by atoms with Gasteiger partial charge in [0.25, 0.3) is 0 Å². The zero-order valence-corrected chi connectivity index (χ0v) is 13.3. The lowest BCUT2D eigenvalue weighted by molar-refractivity contribution is -0.157. The molecule has 0 fully saturated rings. The van der Waals surface area contributed by atoms with Crippen molar-refractivity contribution in [1.82, 2.24) is 5.32 Å². The highest BCUT2D eigenvalue weighted by molar-refractivity contribution is 5.77. The van der Waals surface area contributed by atoms with Gasteiger partial charge in [-0.25, -0.2) is 0 Å². The maximum absolute atomic E-state index is 12.2. The lowest BCUT2D eigenvalue weighted by Crippen LogP contribution is -2.45. The number of hydrogen-bond acceptors (Lipinski definition) is 5. The fourth-order valence-corrected chi connectivity index (χ4v) is 2.38. The molecule has 5 heteroatoms. The van der Waals surface area contributed by atoms with Crippen molar-refractivity contribution in [2.24, 2.45) is 0 Å². The van der Waals surface area contributed by atoms with Crippen LogP contribution in [0.15, 0.2) is 12.1 Å². The van der Waals surface area contributed by atoms with Gasteiger partial charge in [0, 0.05) is 6.54 Å². The fourth-order valence-electron chi connectivity index (χ4n) is 2.38. The van der Waals surface area contributed by atoms with Crippen LogP contribution < -0.4 is 14.8 Å². The first-order valence-corrected chi connectivity index (χ1v) is 7.04. The first-order valence-electron chi connectivity index (χ1n) is 7.04. The monoisotopic (exact) mass is 293 g/mol. The average Bonchev–Trinajstić information content (AvgIpc) is 2.43. The maximum atomic E-state index is 12.2. The van der Waals surface area contributed by atoms with Crippen molar-refractivity contribution in [2.75, 3.05) is 14.2 Å². The Kier molecular flexibility index (Phi) is 4.42. The number of nitrogens with one attached hydrogen (secondary N) is 1. The molecule has 0 saturated heterocycles. The molecule has 1 aromatic carbocycles. The molecule has 1 aliphatic heterocycles. The predicted octanol–water partition coefficient (Wildman–Crippen LogP) is 2.06. The van der Waals surface area contributed by atoms with Crippen molar-refractivity contribution < 1.29 is 19.0 Å². The number of ether oxygens (including phenoxy) is 3. The Morgan fingerprint density at radius 2 is 1.71 bits per heavy atom. The van der Waals surface area contributed by atoms with E-state index >= 15 is 0 Å². The number of rotatable bonds is 3. The van der Waals surface area contributed by atoms with Gasteiger partial charge in [-0.05, 0) is 50.5 Å². The molecule has 0 spiro atoms. The third-order valence-corrected chi connectivity index (χ3v) is 3.36. The summed E-state index contributed by atoms with van der Waals surface area (Å²) in [5.74, 6) is 1.16. The van der Waals surface area contributed by atoms with Crippen LogP contribution in [0.2, 0.25) is 0 Å². The summed E-state index contributed by atoms with van der Waals surface area (Å²) in [5.41, 5.74) is 1.73. The summed E-state index contributed by atoms with van der Waals surface area (Å²) in [5, 5.41) is 3.22. The molecule has 0 aromatic heterocycles. The second-order valence-corrected chi connectivity index (χ2v) is 6.15. The van der Waals surface area contributed by atoms with Crippen LogP contribution in [0.3, 0.4) is 0 Å². The molecule has 0 amide bonds. The number of benzene rings is 1. The summed E-state index contributed by atoms with van der Waals surface area (Å²) >= 11 is 0. The van der Waals surface area contributed by atoms with Gasteiger partial charge in [-0.1, -0.05) is 0 Å². The van der Waals surface area contributed by atoms with Gasteiger partial charge in [0.2, 0.25) is 0 Å². The summed E-state index contributed by atoms with van der Waals surface area (Å²) in [7, 11) is 3.22. The van der Waals surface area contributed by atoms with Crippen molar-refractivity contribution in [2.45, 2.75) is 45.4 Å². The topological polar surface area (TPSA) is 56.8 Å². The molecule has 0 radical (unpaired) electrons. The van der Waals surface area contributed by atoms with Gasteiger partial charge < -0.3 is 19.5 Å². The van der Waals surface area contributed by atoms with Crippen LogP contribution in [0.5, 0.6) is 11.5 Å². The Morgan fingerprint density at radius 3 is 2.24 bits per heavy atom. The second-order valence-electron chi connectivity index (χ2n) is 6.15. The van der Waals surface area contributed by atoms with Gasteiger partial charge in [0.15, 0.2) is 11.5 Å². The quantitative estimate of drug-likeness (QED) is 0.865. The van der Waals surface area contributed by atoms with Crippen LogP contribution in [0.4, 0.5) is 0 Å². The minimum absolute atomic E-state index is 0.220. The molecule has 2 rings (SSSR count). The van der Waals surface area contributed by atoms with E-state index in [1.54, 1.807) is 14.2 Å². The number of hydrogen-bond donors (Lipinski definition) is 1. The molecule has 0 saturated carbocycles. The molecule has 1 heterocycles. The largest absolute Gasteiger partial charge is 0.493 e. The summed E-state index contributed by atoms with van der Waals surface area (Å²) in [6.07, 6.45) is 0.588. The number of carbonyl (C=O) groups excluding carboxylic acids is 1. The standard InChI is InChI=1S/C16H23NO4/c1-16(2,3)21-15(18)12-6-10-7-13(19-4)14(20-5)8-11(10)9-17-12/h7-8,12,17H,6,9H2,1-5H3/t12-/m0/s1. The van der Waals surface area contributed by atoms with E-state index in [0.29, 0.717) is 24.5 Å². The Morgan fingerprint density at radius 1 is 1.14 bits per heavy atom. The third kappa shape index (κ3) is 3.67. The third-order valence-electron chi connectivity index (χ3n) is 3.36. The highest BCUT2D eigenvalue weighted by atomic mass is 16.6. The first kappa shape index (κ1) is 15.6. The van der Waals surface area contributed by atoms with Crippen molar-refractivity contribution in [3.63, 3.8) is 0 Å². The van der Waals surface area contributed by atoms with Crippen LogP contribution >= 0.6 is 0 Å². The van der Waals surface area contributed by atoms with Crippen LogP contribution in [-0.2, 0) is 22.5 Å². The fraction of sp³-hybridized carbons (Fsp3) is 0.562. The number of methoxy groups -OCH3 is 2. The zero-order chi connectivity index (χ0) is 15.6. The van der Waals surface area contributed by atoms with E-state index in [-0.39, 0.29) is 12.0 Å². The highest BCUT2D eigenvalue weighted by Crippen LogP contribution is 2.32. The molecule has 116 valence electrons. The second kappa shape index (κ2) is 5.93. The van der Waals surface area contributed by atoms with Crippen LogP contribution in [0.1, 0.15) is 31.9 Å². The van der Waals surface area contributed by atoms with Gasteiger partial charge in [-0.15, -0.1) is 0 Å². The van der Waals surface area contributed by atoms with E-state index in [1.807, 2.05) is 32.9 Å². The van der Waals surface area contributed by atoms with Gasteiger partial charge in [-0.3, -0.25) is 4.79 Å². The molecule has 1 aromatic rings. The molecule has 1 aliphatic rings. The van der Waals surface area contributed by atoms with Crippen LogP contribution in [0.25, 0.3) is 0 Å². The van der Waals surface area contributed by atoms with Gasteiger partial charge in [0.1, 0.15) is 11.6 Å². The van der Waals surface area contributed by atoms with Crippen molar-refractivity contribution in [3.8, 4) is 11.5 Å². The van der Waals surface area contributed by atoms with Crippen LogP contribution in [-0.4, -0.2) is 31.8 Å². The molecular formula is C16H23NO4. The zero-order valence-electron chi connectivity index (χ0n) is 13.3. The van der Waals surface area contributed by atoms with E-state index in [1.165, 1.54) is 0 Å². The van der Waals surface area contributed by atoms with Gasteiger partial charge in [-0.2, -0.15) is 0 Å². The Hall–Kier alpha value is -1.75. The average molecular weight is 293 g/mol. The SMILES string of the molecule is COc1cc2c(cc1OC)C[C@@H](C(=O)OC(C)(C)C)NC2. The lowest BCUT2D eigenvalue weighted by atomic mass is 9.95. The minimum atomic E-state index is -0.476. The molecule has 5 nitrogen and oxygen atoms in total. The van der Waals surface area contributed by atoms with Gasteiger partial charge >= 0.3 is 5.97 Å². The summed E-state index contributed by atoms with van der Waals surface area (Å²) in [6.45, 7) is 6.22. The summed E-state index contributed by atoms with van der Waals surface area (Å²) in [4.78, 5) is 12.2. The maximum Gasteiger partial charge on any atom is 0.324 e. The highest BCUT2D eigenvalue weighted by Gasteiger charge is 2.29. The van der Waals surface area contributed by atoms with Crippen molar-refractivity contribution in [3.05, 3.63) is 23.3 Å². The van der Waals surface area contributed by atoms with Gasteiger partial charge in [0.05, 0.1) is 14.2 Å². The molecule has 1 atom stereocenters. The number of esters is 1. The Bertz CT molecular complexity index is 534. The Labute approximate surface area is 125 Å². The van der Waals surface area contributed by atoms with E-state index in [2.05, 4.69) is 5.32 Å². The van der Waals surface area contributed by atoms with E-state index in [0.717, 1.165) is 11.1 Å².